The van der Waals surface area contributed by atoms with Gasteiger partial charge >= 0.3 is 5.97 Å². The van der Waals surface area contributed by atoms with Gasteiger partial charge in [0.1, 0.15) is 0 Å². The maximum atomic E-state index is 10.6. The molecule has 1 spiro atoms. The van der Waals surface area contributed by atoms with E-state index < -0.39 is 5.97 Å². The SMILES string of the molecule is O=C(O)C1CC12CCCSC2. The van der Waals surface area contributed by atoms with E-state index >= 15 is 0 Å². The molecule has 62 valence electrons. The second-order valence-electron chi connectivity index (χ2n) is 3.61. The van der Waals surface area contributed by atoms with Crippen molar-refractivity contribution in [1.29, 1.82) is 0 Å². The summed E-state index contributed by atoms with van der Waals surface area (Å²) in [6, 6.07) is 0. The topological polar surface area (TPSA) is 37.3 Å². The van der Waals surface area contributed by atoms with Gasteiger partial charge in [-0.25, -0.2) is 0 Å². The molecule has 0 radical (unpaired) electrons. The number of hydrogen-bond donors (Lipinski definition) is 1. The van der Waals surface area contributed by atoms with Crippen LogP contribution in [0.25, 0.3) is 0 Å². The van der Waals surface area contributed by atoms with Crippen LogP contribution in [0.2, 0.25) is 0 Å². The lowest BCUT2D eigenvalue weighted by Gasteiger charge is -2.20. The maximum Gasteiger partial charge on any atom is 0.307 e. The normalized spacial score (nSPS) is 42.4. The molecule has 2 rings (SSSR count). The molecule has 1 saturated carbocycles. The van der Waals surface area contributed by atoms with E-state index in [1.54, 1.807) is 0 Å². The van der Waals surface area contributed by atoms with Gasteiger partial charge in [0.25, 0.3) is 0 Å². The van der Waals surface area contributed by atoms with Crippen LogP contribution in [0.4, 0.5) is 0 Å². The predicted molar refractivity (Wildman–Crippen MR) is 44.7 cm³/mol. The van der Waals surface area contributed by atoms with E-state index in [2.05, 4.69) is 0 Å². The number of hydrogen-bond acceptors (Lipinski definition) is 2. The van der Waals surface area contributed by atoms with Crippen LogP contribution < -0.4 is 0 Å². The maximum absolute atomic E-state index is 10.6. The molecule has 0 aromatic heterocycles. The van der Waals surface area contributed by atoms with Crippen LogP contribution in [-0.4, -0.2) is 22.6 Å². The van der Waals surface area contributed by atoms with Crippen molar-refractivity contribution >= 4 is 17.7 Å². The summed E-state index contributed by atoms with van der Waals surface area (Å²) in [7, 11) is 0. The second kappa shape index (κ2) is 2.41. The van der Waals surface area contributed by atoms with Gasteiger partial charge in [-0.05, 0) is 36.2 Å². The highest BCUT2D eigenvalue weighted by molar-refractivity contribution is 7.99. The van der Waals surface area contributed by atoms with E-state index in [1.807, 2.05) is 11.8 Å². The smallest absolute Gasteiger partial charge is 0.307 e. The van der Waals surface area contributed by atoms with Crippen molar-refractivity contribution in [3.63, 3.8) is 0 Å². The van der Waals surface area contributed by atoms with Crippen molar-refractivity contribution in [3.8, 4) is 0 Å². The molecule has 1 N–H and O–H groups in total. The summed E-state index contributed by atoms with van der Waals surface area (Å²) in [6.45, 7) is 0. The van der Waals surface area contributed by atoms with Gasteiger partial charge in [0.15, 0.2) is 0 Å². The van der Waals surface area contributed by atoms with Gasteiger partial charge in [-0.3, -0.25) is 4.79 Å². The van der Waals surface area contributed by atoms with Gasteiger partial charge in [0.2, 0.25) is 0 Å². The number of aliphatic carboxylic acids is 1. The van der Waals surface area contributed by atoms with Crippen LogP contribution >= 0.6 is 11.8 Å². The first kappa shape index (κ1) is 7.47. The van der Waals surface area contributed by atoms with Crippen molar-refractivity contribution < 1.29 is 9.90 Å². The van der Waals surface area contributed by atoms with E-state index in [4.69, 9.17) is 5.11 Å². The Morgan fingerprint density at radius 2 is 2.45 bits per heavy atom. The first-order valence-electron chi connectivity index (χ1n) is 4.05. The Labute approximate surface area is 70.4 Å². The van der Waals surface area contributed by atoms with Crippen LogP contribution in [-0.2, 0) is 4.79 Å². The van der Waals surface area contributed by atoms with Crippen molar-refractivity contribution in [3.05, 3.63) is 0 Å². The Morgan fingerprint density at radius 1 is 1.64 bits per heavy atom. The molecule has 2 aliphatic rings. The summed E-state index contributed by atoms with van der Waals surface area (Å²) in [5.41, 5.74) is 0.231. The molecule has 1 aliphatic heterocycles. The fraction of sp³-hybridized carbons (Fsp3) is 0.875. The Balaban J connectivity index is 1.99. The summed E-state index contributed by atoms with van der Waals surface area (Å²) in [5.74, 6) is 1.74. The number of carbonyl (C=O) groups is 1. The zero-order valence-corrected chi connectivity index (χ0v) is 7.19. The summed E-state index contributed by atoms with van der Waals surface area (Å²) in [5, 5.41) is 8.76. The monoisotopic (exact) mass is 172 g/mol. The molecule has 1 aliphatic carbocycles. The van der Waals surface area contributed by atoms with Crippen molar-refractivity contribution in [2.45, 2.75) is 19.3 Å². The van der Waals surface area contributed by atoms with Gasteiger partial charge in [-0.1, -0.05) is 0 Å². The minimum atomic E-state index is -0.576. The Hall–Kier alpha value is -0.180. The zero-order valence-electron chi connectivity index (χ0n) is 6.38. The van der Waals surface area contributed by atoms with Crippen molar-refractivity contribution in [2.75, 3.05) is 11.5 Å². The van der Waals surface area contributed by atoms with Crippen molar-refractivity contribution in [1.82, 2.24) is 0 Å². The Kier molecular flexibility index (Phi) is 1.63. The highest BCUT2D eigenvalue weighted by atomic mass is 32.2. The van der Waals surface area contributed by atoms with E-state index in [0.29, 0.717) is 0 Å². The molecule has 0 amide bonds. The van der Waals surface area contributed by atoms with Crippen LogP contribution in [0.1, 0.15) is 19.3 Å². The van der Waals surface area contributed by atoms with E-state index in [0.717, 1.165) is 18.6 Å². The first-order valence-corrected chi connectivity index (χ1v) is 5.21. The van der Waals surface area contributed by atoms with Gasteiger partial charge in [-0.15, -0.1) is 0 Å². The number of thioether (sulfide) groups is 1. The van der Waals surface area contributed by atoms with Crippen LogP contribution in [0.3, 0.4) is 0 Å². The van der Waals surface area contributed by atoms with Gasteiger partial charge in [-0.2, -0.15) is 11.8 Å². The zero-order chi connectivity index (χ0) is 7.90. The third kappa shape index (κ3) is 1.15. The molecule has 11 heavy (non-hydrogen) atoms. The molecule has 2 nitrogen and oxygen atoms in total. The molecule has 2 fully saturated rings. The van der Waals surface area contributed by atoms with Crippen LogP contribution in [0, 0.1) is 11.3 Å². The van der Waals surface area contributed by atoms with Gasteiger partial charge < -0.3 is 5.11 Å². The molecule has 1 heterocycles. The Morgan fingerprint density at radius 3 is 2.91 bits per heavy atom. The highest BCUT2D eigenvalue weighted by Crippen LogP contribution is 2.59. The average molecular weight is 172 g/mol. The molecular formula is C8H12O2S. The molecule has 0 aromatic carbocycles. The lowest BCUT2D eigenvalue weighted by molar-refractivity contribution is -0.139. The van der Waals surface area contributed by atoms with Gasteiger partial charge in [0.05, 0.1) is 5.92 Å². The highest BCUT2D eigenvalue weighted by Gasteiger charge is 2.58. The summed E-state index contributed by atoms with van der Waals surface area (Å²) < 4.78 is 0. The predicted octanol–water partition coefficient (Wildman–Crippen LogP) is 1.60. The molecular weight excluding hydrogens is 160 g/mol. The minimum absolute atomic E-state index is 0.00435. The number of carboxylic acid groups (broad SMARTS) is 1. The average Bonchev–Trinajstić information content (AvgIpc) is 2.66. The Bertz CT molecular complexity index is 185. The molecule has 1 saturated heterocycles. The second-order valence-corrected chi connectivity index (χ2v) is 4.72. The summed E-state index contributed by atoms with van der Waals surface area (Å²) >= 11 is 1.92. The van der Waals surface area contributed by atoms with E-state index in [-0.39, 0.29) is 11.3 Å². The summed E-state index contributed by atoms with van der Waals surface area (Å²) in [6.07, 6.45) is 3.31. The fourth-order valence-corrected chi connectivity index (χ4v) is 3.37. The van der Waals surface area contributed by atoms with Crippen LogP contribution in [0.5, 0.6) is 0 Å². The number of rotatable bonds is 1. The molecule has 0 aromatic rings. The summed E-state index contributed by atoms with van der Waals surface area (Å²) in [4.78, 5) is 10.6. The lowest BCUT2D eigenvalue weighted by atomic mass is 9.99. The third-order valence-electron chi connectivity index (χ3n) is 2.84. The number of carboxylic acids is 1. The standard InChI is InChI=1S/C8H12O2S/c9-7(10)6-4-8(6)2-1-3-11-5-8/h6H,1-5H2,(H,9,10). The van der Waals surface area contributed by atoms with Crippen molar-refractivity contribution in [2.24, 2.45) is 11.3 Å². The lowest BCUT2D eigenvalue weighted by Crippen LogP contribution is -2.17. The van der Waals surface area contributed by atoms with Crippen LogP contribution in [0.15, 0.2) is 0 Å². The first-order chi connectivity index (χ1) is 5.25. The molecule has 3 heteroatoms. The largest absolute Gasteiger partial charge is 0.481 e. The van der Waals surface area contributed by atoms with E-state index in [1.165, 1.54) is 12.2 Å². The third-order valence-corrected chi connectivity index (χ3v) is 4.20. The molecule has 0 bridgehead atoms. The quantitative estimate of drug-likeness (QED) is 0.653. The molecule has 2 unspecified atom stereocenters. The van der Waals surface area contributed by atoms with E-state index in [9.17, 15) is 4.79 Å². The van der Waals surface area contributed by atoms with Gasteiger partial charge in [0, 0.05) is 0 Å². The fourth-order valence-electron chi connectivity index (χ4n) is 2.01. The molecule has 2 atom stereocenters. The minimum Gasteiger partial charge on any atom is -0.481 e.